The topological polar surface area (TPSA) is 38.5 Å². The number of nitrogens with two attached hydrogens (primary N) is 1. The lowest BCUT2D eigenvalue weighted by Crippen LogP contribution is -2.20. The minimum atomic E-state index is 0.655. The molecular formula is C15H20N2OS. The van der Waals surface area contributed by atoms with Crippen molar-refractivity contribution in [3.05, 3.63) is 40.6 Å². The van der Waals surface area contributed by atoms with E-state index < -0.39 is 0 Å². The molecule has 0 saturated carbocycles. The van der Waals surface area contributed by atoms with Crippen LogP contribution in [0.4, 0.5) is 11.4 Å². The summed E-state index contributed by atoms with van der Waals surface area (Å²) < 4.78 is 5.52. The van der Waals surface area contributed by atoms with Crippen LogP contribution < -0.4 is 15.4 Å². The molecule has 0 radical (unpaired) electrons. The van der Waals surface area contributed by atoms with Gasteiger partial charge in [-0.2, -0.15) is 0 Å². The summed E-state index contributed by atoms with van der Waals surface area (Å²) >= 11 is 1.80. The number of nitrogens with zero attached hydrogens (tertiary/aromatic N) is 1. The lowest BCUT2D eigenvalue weighted by Gasteiger charge is -2.20. The number of rotatable bonds is 6. The van der Waals surface area contributed by atoms with Gasteiger partial charge in [0.15, 0.2) is 0 Å². The van der Waals surface area contributed by atoms with Crippen LogP contribution in [-0.4, -0.2) is 20.2 Å². The highest BCUT2D eigenvalue weighted by Crippen LogP contribution is 2.25. The number of benzene rings is 1. The summed E-state index contributed by atoms with van der Waals surface area (Å²) in [4.78, 5) is 3.61. The summed E-state index contributed by atoms with van der Waals surface area (Å²) in [5, 5.41) is 2.11. The molecule has 1 aromatic heterocycles. The van der Waals surface area contributed by atoms with Crippen LogP contribution in [0.5, 0.6) is 5.75 Å². The summed E-state index contributed by atoms with van der Waals surface area (Å²) in [7, 11) is 2.08. The number of ether oxygens (including phenoxy) is 1. The molecule has 0 spiro atoms. The van der Waals surface area contributed by atoms with Gasteiger partial charge in [0.2, 0.25) is 0 Å². The van der Waals surface area contributed by atoms with Crippen LogP contribution in [0.15, 0.2) is 35.7 Å². The third kappa shape index (κ3) is 3.89. The number of hydrogen-bond acceptors (Lipinski definition) is 4. The number of thiophene rings is 1. The van der Waals surface area contributed by atoms with Crippen LogP contribution in [0.3, 0.4) is 0 Å². The first-order valence-electron chi connectivity index (χ1n) is 6.46. The van der Waals surface area contributed by atoms with E-state index in [0.29, 0.717) is 6.61 Å². The standard InChI is InChI=1S/C15H20N2OS/c1-3-18-14-10-12(16)9-13(11-14)17(2)7-6-15-5-4-8-19-15/h4-5,8-11H,3,6-7,16H2,1-2H3. The molecule has 0 aliphatic heterocycles. The maximum atomic E-state index is 5.91. The van der Waals surface area contributed by atoms with Crippen molar-refractivity contribution in [2.75, 3.05) is 30.8 Å². The van der Waals surface area contributed by atoms with Crippen LogP contribution in [-0.2, 0) is 6.42 Å². The first kappa shape index (κ1) is 13.7. The molecule has 2 aromatic rings. The Morgan fingerprint density at radius 2 is 2.16 bits per heavy atom. The Balaban J connectivity index is 2.03. The quantitative estimate of drug-likeness (QED) is 0.822. The average molecular weight is 276 g/mol. The Morgan fingerprint density at radius 3 is 2.84 bits per heavy atom. The molecule has 1 aromatic carbocycles. The van der Waals surface area contributed by atoms with Crippen LogP contribution in [0, 0.1) is 0 Å². The van der Waals surface area contributed by atoms with E-state index in [9.17, 15) is 0 Å². The summed E-state index contributed by atoms with van der Waals surface area (Å²) in [5.41, 5.74) is 7.75. The van der Waals surface area contributed by atoms with Gasteiger partial charge in [-0.05, 0) is 30.9 Å². The van der Waals surface area contributed by atoms with Crippen molar-refractivity contribution in [1.82, 2.24) is 0 Å². The van der Waals surface area contributed by atoms with Crippen LogP contribution >= 0.6 is 11.3 Å². The van der Waals surface area contributed by atoms with Gasteiger partial charge >= 0.3 is 0 Å². The summed E-state index contributed by atoms with van der Waals surface area (Å²) in [5.74, 6) is 0.834. The van der Waals surface area contributed by atoms with Gasteiger partial charge in [-0.1, -0.05) is 6.07 Å². The maximum Gasteiger partial charge on any atom is 0.123 e. The van der Waals surface area contributed by atoms with Crippen molar-refractivity contribution in [2.45, 2.75) is 13.3 Å². The minimum Gasteiger partial charge on any atom is -0.494 e. The molecule has 0 aliphatic rings. The molecule has 2 rings (SSSR count). The highest BCUT2D eigenvalue weighted by molar-refractivity contribution is 7.09. The first-order chi connectivity index (χ1) is 9.19. The zero-order valence-corrected chi connectivity index (χ0v) is 12.2. The monoisotopic (exact) mass is 276 g/mol. The van der Waals surface area contributed by atoms with Crippen molar-refractivity contribution < 1.29 is 4.74 Å². The van der Waals surface area contributed by atoms with Crippen molar-refractivity contribution in [3.63, 3.8) is 0 Å². The van der Waals surface area contributed by atoms with Crippen molar-refractivity contribution in [3.8, 4) is 5.75 Å². The second-order valence-corrected chi connectivity index (χ2v) is 5.48. The summed E-state index contributed by atoms with van der Waals surface area (Å²) in [6, 6.07) is 10.1. The van der Waals surface area contributed by atoms with E-state index in [2.05, 4.69) is 29.5 Å². The fourth-order valence-corrected chi connectivity index (χ4v) is 2.64. The van der Waals surface area contributed by atoms with Crippen molar-refractivity contribution >= 4 is 22.7 Å². The van der Waals surface area contributed by atoms with Crippen LogP contribution in [0.25, 0.3) is 0 Å². The van der Waals surface area contributed by atoms with E-state index in [1.165, 1.54) is 4.88 Å². The van der Waals surface area contributed by atoms with Crippen molar-refractivity contribution in [1.29, 1.82) is 0 Å². The molecular weight excluding hydrogens is 256 g/mol. The molecule has 0 aliphatic carbocycles. The van der Waals surface area contributed by atoms with Gasteiger partial charge < -0.3 is 15.4 Å². The zero-order valence-electron chi connectivity index (χ0n) is 11.4. The highest BCUT2D eigenvalue weighted by atomic mass is 32.1. The lowest BCUT2D eigenvalue weighted by atomic mass is 10.2. The summed E-state index contributed by atoms with van der Waals surface area (Å²) in [6.07, 6.45) is 1.05. The van der Waals surface area contributed by atoms with Gasteiger partial charge in [-0.3, -0.25) is 0 Å². The Bertz CT molecular complexity index is 511. The number of nitrogen functional groups attached to an aromatic ring is 1. The number of hydrogen-bond donors (Lipinski definition) is 1. The maximum absolute atomic E-state index is 5.91. The molecule has 3 nitrogen and oxygen atoms in total. The highest BCUT2D eigenvalue weighted by Gasteiger charge is 2.05. The lowest BCUT2D eigenvalue weighted by molar-refractivity contribution is 0.340. The number of likely N-dealkylation sites (N-methyl/N-ethyl adjacent to an activating group) is 1. The SMILES string of the molecule is CCOc1cc(N)cc(N(C)CCc2cccs2)c1. The largest absolute Gasteiger partial charge is 0.494 e. The van der Waals surface area contributed by atoms with Gasteiger partial charge in [-0.15, -0.1) is 11.3 Å². The van der Waals surface area contributed by atoms with E-state index >= 15 is 0 Å². The molecule has 0 unspecified atom stereocenters. The van der Waals surface area contributed by atoms with E-state index in [0.717, 1.165) is 30.1 Å². The molecule has 2 N–H and O–H groups in total. The fourth-order valence-electron chi connectivity index (χ4n) is 1.94. The molecule has 0 atom stereocenters. The van der Waals surface area contributed by atoms with E-state index in [1.54, 1.807) is 11.3 Å². The third-order valence-corrected chi connectivity index (χ3v) is 3.88. The normalized spacial score (nSPS) is 10.4. The Hall–Kier alpha value is -1.68. The Labute approximate surface area is 118 Å². The predicted molar refractivity (Wildman–Crippen MR) is 83.3 cm³/mol. The van der Waals surface area contributed by atoms with E-state index in [-0.39, 0.29) is 0 Å². The Kier molecular flexibility index (Phi) is 4.68. The van der Waals surface area contributed by atoms with Gasteiger partial charge in [0.1, 0.15) is 5.75 Å². The fraction of sp³-hybridized carbons (Fsp3) is 0.333. The van der Waals surface area contributed by atoms with Gasteiger partial charge in [0, 0.05) is 42.0 Å². The van der Waals surface area contributed by atoms with Crippen molar-refractivity contribution in [2.24, 2.45) is 0 Å². The first-order valence-corrected chi connectivity index (χ1v) is 7.34. The van der Waals surface area contributed by atoms with Gasteiger partial charge in [-0.25, -0.2) is 0 Å². The van der Waals surface area contributed by atoms with Crippen LogP contribution in [0.2, 0.25) is 0 Å². The van der Waals surface area contributed by atoms with E-state index in [1.807, 2.05) is 25.1 Å². The van der Waals surface area contributed by atoms with Gasteiger partial charge in [0.25, 0.3) is 0 Å². The predicted octanol–water partition coefficient (Wildman–Crippen LogP) is 3.41. The average Bonchev–Trinajstić information content (AvgIpc) is 2.88. The van der Waals surface area contributed by atoms with E-state index in [4.69, 9.17) is 10.5 Å². The molecule has 102 valence electrons. The summed E-state index contributed by atoms with van der Waals surface area (Å²) in [6.45, 7) is 3.60. The molecule has 0 amide bonds. The molecule has 0 fully saturated rings. The third-order valence-electron chi connectivity index (χ3n) is 2.94. The van der Waals surface area contributed by atoms with Gasteiger partial charge in [0.05, 0.1) is 6.61 Å². The smallest absolute Gasteiger partial charge is 0.123 e. The second kappa shape index (κ2) is 6.48. The Morgan fingerprint density at radius 1 is 1.32 bits per heavy atom. The molecule has 0 bridgehead atoms. The molecule has 19 heavy (non-hydrogen) atoms. The molecule has 4 heteroatoms. The zero-order chi connectivity index (χ0) is 13.7. The molecule has 0 saturated heterocycles. The molecule has 1 heterocycles. The van der Waals surface area contributed by atoms with Crippen LogP contribution in [0.1, 0.15) is 11.8 Å². The minimum absolute atomic E-state index is 0.655. The second-order valence-electron chi connectivity index (χ2n) is 4.44. The number of anilines is 2.